The van der Waals surface area contributed by atoms with Crippen molar-refractivity contribution in [1.29, 1.82) is 0 Å². The molecule has 0 fully saturated rings. The van der Waals surface area contributed by atoms with Crippen LogP contribution in [0.4, 0.5) is 11.4 Å². The second-order valence-corrected chi connectivity index (χ2v) is 11.6. The lowest BCUT2D eigenvalue weighted by Gasteiger charge is -2.23. The van der Waals surface area contributed by atoms with Crippen molar-refractivity contribution in [3.8, 4) is 5.75 Å². The van der Waals surface area contributed by atoms with Gasteiger partial charge in [0.25, 0.3) is 11.8 Å². The lowest BCUT2D eigenvalue weighted by Crippen LogP contribution is -2.29. The molecule has 0 saturated carbocycles. The summed E-state index contributed by atoms with van der Waals surface area (Å²) in [7, 11) is -3.52. The summed E-state index contributed by atoms with van der Waals surface area (Å²) >= 11 is 0. The molecule has 0 aliphatic carbocycles. The Morgan fingerprint density at radius 2 is 1.57 bits per heavy atom. The molecular formula is C32H32N4O5S. The SMILES string of the molecule is Cc1ccc(N(Cc2ccc(C(=O)N/N=C\c3ccc(OCC(=O)Nc4ccccc4)cc3)cc2)S(C)(=O)=O)cc1C. The average molecular weight is 585 g/mol. The number of sulfonamides is 1. The number of carbonyl (C=O) groups excluding carboxylic acids is 2. The lowest BCUT2D eigenvalue weighted by atomic mass is 10.1. The van der Waals surface area contributed by atoms with Crippen LogP contribution in [0.2, 0.25) is 0 Å². The fraction of sp³-hybridized carbons (Fsp3) is 0.156. The summed E-state index contributed by atoms with van der Waals surface area (Å²) in [6.07, 6.45) is 2.67. The highest BCUT2D eigenvalue weighted by atomic mass is 32.2. The van der Waals surface area contributed by atoms with Crippen LogP contribution in [0.25, 0.3) is 0 Å². The second-order valence-electron chi connectivity index (χ2n) is 9.71. The normalized spacial score (nSPS) is 11.2. The number of nitrogens with zero attached hydrogens (tertiary/aromatic N) is 2. The van der Waals surface area contributed by atoms with E-state index in [0.29, 0.717) is 22.7 Å². The van der Waals surface area contributed by atoms with E-state index < -0.39 is 15.9 Å². The highest BCUT2D eigenvalue weighted by Gasteiger charge is 2.18. The summed E-state index contributed by atoms with van der Waals surface area (Å²) in [5.74, 6) is -0.153. The van der Waals surface area contributed by atoms with Crippen molar-refractivity contribution in [1.82, 2.24) is 5.43 Å². The number of para-hydroxylation sites is 1. The molecule has 0 radical (unpaired) electrons. The standard InChI is InChI=1S/C32H32N4O5S/c1-23-9-16-29(19-24(23)2)36(42(3,39)40)21-26-10-14-27(15-11-26)32(38)35-33-20-25-12-17-30(18-13-25)41-22-31(37)34-28-7-5-4-6-8-28/h4-20H,21-22H2,1-3H3,(H,34,37)(H,35,38)/b33-20-. The van der Waals surface area contributed by atoms with Gasteiger partial charge in [0.05, 0.1) is 24.7 Å². The molecule has 216 valence electrons. The Hall–Kier alpha value is -4.96. The number of amides is 2. The predicted molar refractivity (Wildman–Crippen MR) is 165 cm³/mol. The first-order valence-corrected chi connectivity index (χ1v) is 15.0. The molecule has 0 unspecified atom stereocenters. The van der Waals surface area contributed by atoms with Crippen molar-refractivity contribution >= 4 is 39.4 Å². The Balaban J connectivity index is 1.28. The lowest BCUT2D eigenvalue weighted by molar-refractivity contribution is -0.118. The monoisotopic (exact) mass is 584 g/mol. The van der Waals surface area contributed by atoms with Crippen LogP contribution in [0.15, 0.2) is 102 Å². The van der Waals surface area contributed by atoms with Gasteiger partial charge in [-0.1, -0.05) is 36.4 Å². The molecule has 0 atom stereocenters. The van der Waals surface area contributed by atoms with E-state index in [1.165, 1.54) is 16.8 Å². The van der Waals surface area contributed by atoms with Gasteiger partial charge in [-0.2, -0.15) is 5.10 Å². The summed E-state index contributed by atoms with van der Waals surface area (Å²) in [5.41, 5.74) is 7.69. The zero-order valence-corrected chi connectivity index (χ0v) is 24.4. The van der Waals surface area contributed by atoms with Gasteiger partial charge in [-0.3, -0.25) is 13.9 Å². The van der Waals surface area contributed by atoms with Gasteiger partial charge in [0.1, 0.15) is 5.75 Å². The van der Waals surface area contributed by atoms with E-state index in [9.17, 15) is 18.0 Å². The maximum Gasteiger partial charge on any atom is 0.271 e. The van der Waals surface area contributed by atoms with Crippen molar-refractivity contribution in [2.24, 2.45) is 5.10 Å². The Bertz CT molecular complexity index is 1670. The summed E-state index contributed by atoms with van der Waals surface area (Å²) < 4.78 is 31.9. The van der Waals surface area contributed by atoms with Crippen LogP contribution in [0.3, 0.4) is 0 Å². The quantitative estimate of drug-likeness (QED) is 0.189. The minimum absolute atomic E-state index is 0.130. The van der Waals surface area contributed by atoms with Crippen molar-refractivity contribution in [3.63, 3.8) is 0 Å². The Morgan fingerprint density at radius 3 is 2.21 bits per heavy atom. The van der Waals surface area contributed by atoms with Crippen molar-refractivity contribution < 1.29 is 22.7 Å². The van der Waals surface area contributed by atoms with Crippen LogP contribution in [0.5, 0.6) is 5.75 Å². The second kappa shape index (κ2) is 13.6. The first-order valence-electron chi connectivity index (χ1n) is 13.1. The number of nitrogens with one attached hydrogen (secondary N) is 2. The molecule has 0 aliphatic rings. The first kappa shape index (κ1) is 30.0. The van der Waals surface area contributed by atoms with Gasteiger partial charge < -0.3 is 10.1 Å². The van der Waals surface area contributed by atoms with Gasteiger partial charge in [0.15, 0.2) is 6.61 Å². The van der Waals surface area contributed by atoms with E-state index in [2.05, 4.69) is 15.8 Å². The van der Waals surface area contributed by atoms with Crippen LogP contribution >= 0.6 is 0 Å². The number of hydrogen-bond donors (Lipinski definition) is 2. The van der Waals surface area contributed by atoms with Crippen molar-refractivity contribution in [2.75, 3.05) is 22.5 Å². The maximum absolute atomic E-state index is 12.6. The molecule has 0 aromatic heterocycles. The van der Waals surface area contributed by atoms with Crippen LogP contribution in [-0.2, 0) is 21.4 Å². The molecule has 0 heterocycles. The molecule has 2 amide bonds. The molecule has 0 saturated heterocycles. The number of carbonyl (C=O) groups is 2. The fourth-order valence-corrected chi connectivity index (χ4v) is 4.84. The number of hydrogen-bond acceptors (Lipinski definition) is 6. The van der Waals surface area contributed by atoms with Crippen LogP contribution in [0.1, 0.15) is 32.6 Å². The zero-order chi connectivity index (χ0) is 30.1. The maximum atomic E-state index is 12.6. The Morgan fingerprint density at radius 1 is 0.881 bits per heavy atom. The minimum Gasteiger partial charge on any atom is -0.484 e. The largest absolute Gasteiger partial charge is 0.484 e. The van der Waals surface area contributed by atoms with Crippen molar-refractivity contribution in [3.05, 3.63) is 125 Å². The number of anilines is 2. The molecule has 10 heteroatoms. The average Bonchev–Trinajstić information content (AvgIpc) is 2.97. The van der Waals surface area contributed by atoms with E-state index in [1.54, 1.807) is 66.7 Å². The number of ether oxygens (including phenoxy) is 1. The molecule has 0 spiro atoms. The van der Waals surface area contributed by atoms with Gasteiger partial charge in [0.2, 0.25) is 10.0 Å². The molecule has 0 aliphatic heterocycles. The summed E-state index contributed by atoms with van der Waals surface area (Å²) in [6, 6.07) is 28.2. The predicted octanol–water partition coefficient (Wildman–Crippen LogP) is 5.05. The zero-order valence-electron chi connectivity index (χ0n) is 23.6. The molecule has 2 N–H and O–H groups in total. The van der Waals surface area contributed by atoms with Crippen molar-refractivity contribution in [2.45, 2.75) is 20.4 Å². The van der Waals surface area contributed by atoms with Gasteiger partial charge in [-0.05, 0) is 96.8 Å². The third-order valence-electron chi connectivity index (χ3n) is 6.41. The molecular weight excluding hydrogens is 552 g/mol. The molecule has 9 nitrogen and oxygen atoms in total. The third kappa shape index (κ3) is 8.52. The summed E-state index contributed by atoms with van der Waals surface area (Å²) in [4.78, 5) is 24.6. The van der Waals surface area contributed by atoms with E-state index in [-0.39, 0.29) is 19.1 Å². The van der Waals surface area contributed by atoms with Gasteiger partial charge >= 0.3 is 0 Å². The van der Waals surface area contributed by atoms with Gasteiger partial charge in [-0.25, -0.2) is 13.8 Å². The number of aryl methyl sites for hydroxylation is 2. The molecule has 42 heavy (non-hydrogen) atoms. The molecule has 4 aromatic carbocycles. The van der Waals surface area contributed by atoms with E-state index in [4.69, 9.17) is 4.74 Å². The summed E-state index contributed by atoms with van der Waals surface area (Å²) in [5, 5.41) is 6.76. The van der Waals surface area contributed by atoms with Gasteiger partial charge in [-0.15, -0.1) is 0 Å². The number of rotatable bonds is 11. The van der Waals surface area contributed by atoms with E-state index >= 15 is 0 Å². The smallest absolute Gasteiger partial charge is 0.271 e. The number of hydrazone groups is 1. The van der Waals surface area contributed by atoms with Crippen LogP contribution in [0, 0.1) is 13.8 Å². The molecule has 4 aromatic rings. The van der Waals surface area contributed by atoms with Crippen LogP contribution < -0.4 is 19.8 Å². The minimum atomic E-state index is -3.52. The van der Waals surface area contributed by atoms with Gasteiger partial charge in [0, 0.05) is 11.3 Å². The fourth-order valence-electron chi connectivity index (χ4n) is 3.96. The molecule has 4 rings (SSSR count). The number of benzene rings is 4. The highest BCUT2D eigenvalue weighted by molar-refractivity contribution is 7.92. The summed E-state index contributed by atoms with van der Waals surface area (Å²) in [6.45, 7) is 3.92. The Labute approximate surface area is 245 Å². The van der Waals surface area contributed by atoms with E-state index in [1.807, 2.05) is 44.2 Å². The first-order chi connectivity index (χ1) is 20.1. The van der Waals surface area contributed by atoms with Crippen LogP contribution in [-0.4, -0.2) is 39.3 Å². The Kier molecular flexibility index (Phi) is 9.72. The highest BCUT2D eigenvalue weighted by Crippen LogP contribution is 2.23. The third-order valence-corrected chi connectivity index (χ3v) is 7.55. The molecule has 0 bridgehead atoms. The topological polar surface area (TPSA) is 117 Å². The van der Waals surface area contributed by atoms with E-state index in [0.717, 1.165) is 22.3 Å².